The smallest absolute Gasteiger partial charge is 0.223 e. The second-order valence-corrected chi connectivity index (χ2v) is 5.91. The minimum atomic E-state index is -0.468. The van der Waals surface area contributed by atoms with Crippen molar-refractivity contribution in [2.75, 3.05) is 26.2 Å². The highest BCUT2D eigenvalue weighted by atomic mass is 32.1. The van der Waals surface area contributed by atoms with Crippen LogP contribution in [0.5, 0.6) is 0 Å². The molecule has 0 aromatic carbocycles. The van der Waals surface area contributed by atoms with E-state index >= 15 is 0 Å². The van der Waals surface area contributed by atoms with Gasteiger partial charge in [-0.15, -0.1) is 11.3 Å². The van der Waals surface area contributed by atoms with E-state index in [1.807, 2.05) is 22.4 Å². The van der Waals surface area contributed by atoms with Crippen molar-refractivity contribution in [2.24, 2.45) is 0 Å². The predicted molar refractivity (Wildman–Crippen MR) is 77.2 cm³/mol. The number of rotatable bonds is 6. The van der Waals surface area contributed by atoms with Gasteiger partial charge in [-0.1, -0.05) is 6.07 Å². The number of nitrogens with zero attached hydrogens (tertiary/aromatic N) is 1. The molecule has 1 aliphatic rings. The molecule has 0 aliphatic carbocycles. The highest BCUT2D eigenvalue weighted by Gasteiger charge is 2.15. The second kappa shape index (κ2) is 7.62. The fraction of sp³-hybridized carbons (Fsp3) is 0.643. The van der Waals surface area contributed by atoms with Gasteiger partial charge >= 0.3 is 0 Å². The largest absolute Gasteiger partial charge is 0.386 e. The zero-order valence-electron chi connectivity index (χ0n) is 11.2. The topological polar surface area (TPSA) is 52.6 Å². The minimum absolute atomic E-state index is 0.234. The molecule has 2 N–H and O–H groups in total. The van der Waals surface area contributed by atoms with Crippen LogP contribution in [-0.4, -0.2) is 42.1 Å². The molecule has 2 heterocycles. The summed E-state index contributed by atoms with van der Waals surface area (Å²) in [6, 6.07) is 3.86. The molecule has 0 spiro atoms. The van der Waals surface area contributed by atoms with Crippen LogP contribution in [0.3, 0.4) is 0 Å². The molecule has 1 aliphatic heterocycles. The first-order valence-corrected chi connectivity index (χ1v) is 7.85. The van der Waals surface area contributed by atoms with Crippen molar-refractivity contribution in [1.29, 1.82) is 0 Å². The molecule has 0 bridgehead atoms. The summed E-state index contributed by atoms with van der Waals surface area (Å²) in [4.78, 5) is 14.8. The summed E-state index contributed by atoms with van der Waals surface area (Å²) < 4.78 is 0. The Hall–Kier alpha value is -0.910. The number of likely N-dealkylation sites (tertiary alicyclic amines) is 1. The normalized spacial score (nSPS) is 17.4. The van der Waals surface area contributed by atoms with Gasteiger partial charge in [0.25, 0.3) is 0 Å². The molecule has 2 rings (SSSR count). The maximum atomic E-state index is 11.9. The first kappa shape index (κ1) is 14.5. The quantitative estimate of drug-likeness (QED) is 0.782. The van der Waals surface area contributed by atoms with Crippen molar-refractivity contribution < 1.29 is 9.90 Å². The fourth-order valence-electron chi connectivity index (χ4n) is 2.32. The Balaban J connectivity index is 1.59. The molecule has 0 saturated carbocycles. The van der Waals surface area contributed by atoms with E-state index in [-0.39, 0.29) is 5.91 Å². The lowest BCUT2D eigenvalue weighted by molar-refractivity contribution is -0.132. The van der Waals surface area contributed by atoms with Gasteiger partial charge in [-0.25, -0.2) is 0 Å². The van der Waals surface area contributed by atoms with Gasteiger partial charge < -0.3 is 15.3 Å². The van der Waals surface area contributed by atoms with Crippen LogP contribution in [0.25, 0.3) is 0 Å². The summed E-state index contributed by atoms with van der Waals surface area (Å²) in [7, 11) is 0. The van der Waals surface area contributed by atoms with Gasteiger partial charge in [-0.3, -0.25) is 4.79 Å². The van der Waals surface area contributed by atoms with Gasteiger partial charge in [0.05, 0.1) is 0 Å². The molecule has 4 nitrogen and oxygen atoms in total. The van der Waals surface area contributed by atoms with Crippen molar-refractivity contribution in [2.45, 2.75) is 31.8 Å². The van der Waals surface area contributed by atoms with Gasteiger partial charge in [0.1, 0.15) is 6.10 Å². The van der Waals surface area contributed by atoms with E-state index in [1.54, 1.807) is 11.3 Å². The number of aliphatic hydroxyl groups excluding tert-OH is 1. The zero-order chi connectivity index (χ0) is 13.5. The minimum Gasteiger partial charge on any atom is -0.386 e. The lowest BCUT2D eigenvalue weighted by Crippen LogP contribution is -2.37. The molecule has 1 aromatic rings. The van der Waals surface area contributed by atoms with E-state index in [2.05, 4.69) is 5.32 Å². The third kappa shape index (κ3) is 4.60. The van der Waals surface area contributed by atoms with Crippen LogP contribution in [0.4, 0.5) is 0 Å². The first-order chi connectivity index (χ1) is 9.27. The van der Waals surface area contributed by atoms with Gasteiger partial charge in [-0.2, -0.15) is 0 Å². The SMILES string of the molecule is O=C(CCNCC(O)c1cccs1)N1CCCCC1. The van der Waals surface area contributed by atoms with Crippen LogP contribution in [-0.2, 0) is 4.79 Å². The van der Waals surface area contributed by atoms with Gasteiger partial charge in [0.15, 0.2) is 0 Å². The van der Waals surface area contributed by atoms with Crippen molar-refractivity contribution in [3.8, 4) is 0 Å². The van der Waals surface area contributed by atoms with E-state index in [0.717, 1.165) is 30.8 Å². The Bertz CT molecular complexity index is 375. The fourth-order valence-corrected chi connectivity index (χ4v) is 3.03. The molecule has 1 aromatic heterocycles. The molecule has 1 unspecified atom stereocenters. The Morgan fingerprint density at radius 1 is 1.42 bits per heavy atom. The summed E-state index contributed by atoms with van der Waals surface area (Å²) in [5.41, 5.74) is 0. The number of hydrogen-bond acceptors (Lipinski definition) is 4. The number of nitrogens with one attached hydrogen (secondary N) is 1. The van der Waals surface area contributed by atoms with Crippen LogP contribution in [0.1, 0.15) is 36.7 Å². The number of hydrogen-bond donors (Lipinski definition) is 2. The summed E-state index contributed by atoms with van der Waals surface area (Å²) in [6.45, 7) is 2.97. The lowest BCUT2D eigenvalue weighted by Gasteiger charge is -2.26. The lowest BCUT2D eigenvalue weighted by atomic mass is 10.1. The van der Waals surface area contributed by atoms with Crippen LogP contribution in [0, 0.1) is 0 Å². The number of aliphatic hydroxyl groups is 1. The molecule has 5 heteroatoms. The third-order valence-electron chi connectivity index (χ3n) is 3.43. The first-order valence-electron chi connectivity index (χ1n) is 6.97. The third-order valence-corrected chi connectivity index (χ3v) is 4.41. The number of piperidine rings is 1. The average Bonchev–Trinajstić information content (AvgIpc) is 2.98. The van der Waals surface area contributed by atoms with E-state index in [0.29, 0.717) is 19.5 Å². The van der Waals surface area contributed by atoms with Crippen LogP contribution < -0.4 is 5.32 Å². The standard InChI is InChI=1S/C14H22N2O2S/c17-12(13-5-4-10-19-13)11-15-7-6-14(18)16-8-2-1-3-9-16/h4-5,10,12,15,17H,1-3,6-9,11H2. The van der Waals surface area contributed by atoms with Crippen molar-refractivity contribution in [1.82, 2.24) is 10.2 Å². The number of thiophene rings is 1. The molecule has 1 atom stereocenters. The van der Waals surface area contributed by atoms with Crippen LogP contribution in [0.15, 0.2) is 17.5 Å². The van der Waals surface area contributed by atoms with Crippen LogP contribution >= 0.6 is 11.3 Å². The van der Waals surface area contributed by atoms with E-state index in [4.69, 9.17) is 0 Å². The molecule has 0 radical (unpaired) electrons. The average molecular weight is 282 g/mol. The van der Waals surface area contributed by atoms with E-state index in [9.17, 15) is 9.90 Å². The van der Waals surface area contributed by atoms with Crippen molar-refractivity contribution in [3.05, 3.63) is 22.4 Å². The summed E-state index contributed by atoms with van der Waals surface area (Å²) in [6.07, 6.45) is 3.57. The Morgan fingerprint density at radius 2 is 2.21 bits per heavy atom. The zero-order valence-corrected chi connectivity index (χ0v) is 12.0. The number of carbonyl (C=O) groups is 1. The highest BCUT2D eigenvalue weighted by Crippen LogP contribution is 2.17. The molecule has 1 amide bonds. The number of carbonyl (C=O) groups excluding carboxylic acids is 1. The van der Waals surface area contributed by atoms with E-state index in [1.165, 1.54) is 6.42 Å². The second-order valence-electron chi connectivity index (χ2n) is 4.93. The number of amides is 1. The maximum Gasteiger partial charge on any atom is 0.223 e. The van der Waals surface area contributed by atoms with Crippen LogP contribution in [0.2, 0.25) is 0 Å². The molecule has 1 saturated heterocycles. The van der Waals surface area contributed by atoms with Crippen molar-refractivity contribution >= 4 is 17.2 Å². The van der Waals surface area contributed by atoms with Gasteiger partial charge in [-0.05, 0) is 30.7 Å². The Kier molecular flexibility index (Phi) is 5.82. The monoisotopic (exact) mass is 282 g/mol. The molecular weight excluding hydrogens is 260 g/mol. The summed E-state index contributed by atoms with van der Waals surface area (Å²) >= 11 is 1.55. The Labute approximate surface area is 118 Å². The van der Waals surface area contributed by atoms with Gasteiger partial charge in [0.2, 0.25) is 5.91 Å². The van der Waals surface area contributed by atoms with Crippen molar-refractivity contribution in [3.63, 3.8) is 0 Å². The molecule has 1 fully saturated rings. The summed E-state index contributed by atoms with van der Waals surface area (Å²) in [5.74, 6) is 0.234. The maximum absolute atomic E-state index is 11.9. The molecular formula is C14H22N2O2S. The molecule has 106 valence electrons. The predicted octanol–water partition coefficient (Wildman–Crippen LogP) is 1.77. The summed E-state index contributed by atoms with van der Waals surface area (Å²) in [5, 5.41) is 15.0. The Morgan fingerprint density at radius 3 is 2.89 bits per heavy atom. The highest BCUT2D eigenvalue weighted by molar-refractivity contribution is 7.10. The van der Waals surface area contributed by atoms with E-state index < -0.39 is 6.10 Å². The van der Waals surface area contributed by atoms with Gasteiger partial charge in [0, 0.05) is 37.5 Å². The molecule has 19 heavy (non-hydrogen) atoms.